The van der Waals surface area contributed by atoms with Crippen molar-refractivity contribution in [1.29, 1.82) is 0 Å². The van der Waals surface area contributed by atoms with Crippen molar-refractivity contribution >= 4 is 11.9 Å². The molecule has 0 aliphatic rings. The molecule has 0 aromatic carbocycles. The van der Waals surface area contributed by atoms with E-state index in [2.05, 4.69) is 31.3 Å². The molecule has 0 spiro atoms. The number of allylic oxidation sites excluding steroid dienone is 3. The minimum absolute atomic E-state index is 0.00986. The second kappa shape index (κ2) is 50.0. The van der Waals surface area contributed by atoms with Crippen LogP contribution in [0.15, 0.2) is 24.3 Å². The van der Waals surface area contributed by atoms with E-state index in [0.717, 1.165) is 57.8 Å². The molecule has 6 heteroatoms. The monoisotopic (exact) mass is 846 g/mol. The minimum Gasteiger partial charge on any atom is -0.466 e. The van der Waals surface area contributed by atoms with Crippen molar-refractivity contribution in [3.63, 3.8) is 0 Å². The second-order valence-electron chi connectivity index (χ2n) is 18.2. The summed E-state index contributed by atoms with van der Waals surface area (Å²) >= 11 is 0. The summed E-state index contributed by atoms with van der Waals surface area (Å²) in [5.41, 5.74) is 0. The van der Waals surface area contributed by atoms with Crippen LogP contribution >= 0.6 is 0 Å². The highest BCUT2D eigenvalue weighted by atomic mass is 16.5. The third-order valence-electron chi connectivity index (χ3n) is 12.2. The zero-order chi connectivity index (χ0) is 43.7. The van der Waals surface area contributed by atoms with Gasteiger partial charge in [0, 0.05) is 12.8 Å². The molecule has 1 amide bonds. The SMILES string of the molecule is CCCCCC/C=C\CCCCCCCC(=O)OCCCCCCCCCCCCCCCCCC(=O)NC(CO)C(O)/C=C/CCCCCCCCCCCCCCC. The van der Waals surface area contributed by atoms with Crippen LogP contribution in [0.4, 0.5) is 0 Å². The summed E-state index contributed by atoms with van der Waals surface area (Å²) in [6.07, 6.45) is 58.9. The number of esters is 1. The van der Waals surface area contributed by atoms with Crippen LogP contribution in [-0.2, 0) is 14.3 Å². The average molecular weight is 846 g/mol. The van der Waals surface area contributed by atoms with Gasteiger partial charge in [0.2, 0.25) is 5.91 Å². The summed E-state index contributed by atoms with van der Waals surface area (Å²) in [5, 5.41) is 23.1. The lowest BCUT2D eigenvalue weighted by molar-refractivity contribution is -0.143. The lowest BCUT2D eigenvalue weighted by atomic mass is 10.0. The Labute approximate surface area is 373 Å². The average Bonchev–Trinajstić information content (AvgIpc) is 3.25. The van der Waals surface area contributed by atoms with Gasteiger partial charge in [-0.15, -0.1) is 0 Å². The maximum atomic E-state index is 12.4. The largest absolute Gasteiger partial charge is 0.466 e. The van der Waals surface area contributed by atoms with Crippen LogP contribution < -0.4 is 5.32 Å². The summed E-state index contributed by atoms with van der Waals surface area (Å²) < 4.78 is 5.45. The van der Waals surface area contributed by atoms with Gasteiger partial charge in [0.25, 0.3) is 0 Å². The van der Waals surface area contributed by atoms with E-state index in [4.69, 9.17) is 4.74 Å². The molecule has 0 saturated carbocycles. The molecule has 0 aliphatic heterocycles. The molecule has 0 heterocycles. The Bertz CT molecular complexity index is 935. The minimum atomic E-state index is -0.849. The fourth-order valence-electron chi connectivity index (χ4n) is 8.10. The van der Waals surface area contributed by atoms with Gasteiger partial charge < -0.3 is 20.3 Å². The number of rotatable bonds is 49. The van der Waals surface area contributed by atoms with E-state index >= 15 is 0 Å². The van der Waals surface area contributed by atoms with Gasteiger partial charge in [0.05, 0.1) is 25.4 Å². The molecule has 0 rings (SSSR count). The van der Waals surface area contributed by atoms with E-state index in [-0.39, 0.29) is 18.5 Å². The predicted octanol–water partition coefficient (Wildman–Crippen LogP) is 15.9. The molecule has 2 unspecified atom stereocenters. The Morgan fingerprint density at radius 1 is 0.450 bits per heavy atom. The Morgan fingerprint density at radius 3 is 1.20 bits per heavy atom. The molecule has 60 heavy (non-hydrogen) atoms. The van der Waals surface area contributed by atoms with Gasteiger partial charge in [-0.2, -0.15) is 0 Å². The van der Waals surface area contributed by atoms with Crippen LogP contribution in [-0.4, -0.2) is 47.4 Å². The quantitative estimate of drug-likeness (QED) is 0.0322. The Hall–Kier alpha value is -1.66. The zero-order valence-electron chi connectivity index (χ0n) is 40.2. The van der Waals surface area contributed by atoms with Gasteiger partial charge in [0.15, 0.2) is 0 Å². The standard InChI is InChI=1S/C54H103NO5/c1-3-5-7-9-11-13-15-17-19-23-26-30-34-38-42-46-52(57)51(50-56)55-53(58)47-43-39-35-31-27-24-20-18-21-25-29-33-37-41-45-49-60-54(59)48-44-40-36-32-28-22-16-14-12-10-8-6-4-2/h14,16,42,46,51-52,56-57H,3-13,15,17-41,43-45,47-50H2,1-2H3,(H,55,58)/b16-14-,46-42+. The van der Waals surface area contributed by atoms with Crippen LogP contribution in [0.1, 0.15) is 284 Å². The molecule has 0 radical (unpaired) electrons. The van der Waals surface area contributed by atoms with Crippen molar-refractivity contribution < 1.29 is 24.5 Å². The smallest absolute Gasteiger partial charge is 0.305 e. The highest BCUT2D eigenvalue weighted by molar-refractivity contribution is 5.76. The summed E-state index contributed by atoms with van der Waals surface area (Å²) in [6, 6.07) is -0.634. The number of carbonyl (C=O) groups excluding carboxylic acids is 2. The number of carbonyl (C=O) groups is 2. The fourth-order valence-corrected chi connectivity index (χ4v) is 8.10. The third-order valence-corrected chi connectivity index (χ3v) is 12.2. The number of aliphatic hydroxyl groups excluding tert-OH is 2. The maximum absolute atomic E-state index is 12.4. The van der Waals surface area contributed by atoms with Crippen LogP contribution in [0, 0.1) is 0 Å². The van der Waals surface area contributed by atoms with Crippen LogP contribution in [0.3, 0.4) is 0 Å². The van der Waals surface area contributed by atoms with Crippen molar-refractivity contribution in [2.75, 3.05) is 13.2 Å². The number of hydrogen-bond acceptors (Lipinski definition) is 5. The van der Waals surface area contributed by atoms with Crippen molar-refractivity contribution in [2.45, 2.75) is 296 Å². The molecule has 0 aromatic rings. The first kappa shape index (κ1) is 58.3. The second-order valence-corrected chi connectivity index (χ2v) is 18.2. The van der Waals surface area contributed by atoms with E-state index in [1.807, 2.05) is 6.08 Å². The van der Waals surface area contributed by atoms with E-state index < -0.39 is 12.1 Å². The van der Waals surface area contributed by atoms with Gasteiger partial charge in [0.1, 0.15) is 0 Å². The Kier molecular flexibility index (Phi) is 48.6. The summed E-state index contributed by atoms with van der Waals surface area (Å²) in [7, 11) is 0. The summed E-state index contributed by atoms with van der Waals surface area (Å²) in [6.45, 7) is 4.87. The summed E-state index contributed by atoms with van der Waals surface area (Å²) in [4.78, 5) is 24.4. The van der Waals surface area contributed by atoms with E-state index in [1.165, 1.54) is 199 Å². The van der Waals surface area contributed by atoms with Crippen molar-refractivity contribution in [1.82, 2.24) is 5.32 Å². The van der Waals surface area contributed by atoms with Gasteiger partial charge in [-0.25, -0.2) is 0 Å². The van der Waals surface area contributed by atoms with Crippen molar-refractivity contribution in [2.24, 2.45) is 0 Å². The molecule has 0 aliphatic carbocycles. The number of hydrogen-bond donors (Lipinski definition) is 3. The first-order chi connectivity index (χ1) is 29.5. The summed E-state index contributed by atoms with van der Waals surface area (Å²) in [5.74, 6) is -0.0860. The molecular weight excluding hydrogens is 743 g/mol. The molecular formula is C54H103NO5. The lowest BCUT2D eigenvalue weighted by Gasteiger charge is -2.20. The number of ether oxygens (including phenoxy) is 1. The Balaban J connectivity index is 3.47. The van der Waals surface area contributed by atoms with Gasteiger partial charge in [-0.1, -0.05) is 237 Å². The maximum Gasteiger partial charge on any atom is 0.305 e. The highest BCUT2D eigenvalue weighted by Gasteiger charge is 2.18. The third kappa shape index (κ3) is 45.9. The molecule has 354 valence electrons. The van der Waals surface area contributed by atoms with Crippen LogP contribution in [0.5, 0.6) is 0 Å². The van der Waals surface area contributed by atoms with E-state index in [9.17, 15) is 19.8 Å². The van der Waals surface area contributed by atoms with Crippen LogP contribution in [0.2, 0.25) is 0 Å². The fraction of sp³-hybridized carbons (Fsp3) is 0.889. The van der Waals surface area contributed by atoms with Crippen molar-refractivity contribution in [3.05, 3.63) is 24.3 Å². The lowest BCUT2D eigenvalue weighted by Crippen LogP contribution is -2.45. The molecule has 3 N–H and O–H groups in total. The van der Waals surface area contributed by atoms with Crippen LogP contribution in [0.25, 0.3) is 0 Å². The van der Waals surface area contributed by atoms with Crippen molar-refractivity contribution in [3.8, 4) is 0 Å². The molecule has 0 bridgehead atoms. The zero-order valence-corrected chi connectivity index (χ0v) is 40.2. The van der Waals surface area contributed by atoms with Gasteiger partial charge in [-0.05, 0) is 57.8 Å². The molecule has 6 nitrogen and oxygen atoms in total. The molecule has 0 saturated heterocycles. The highest BCUT2D eigenvalue weighted by Crippen LogP contribution is 2.16. The normalized spacial score (nSPS) is 12.8. The first-order valence-electron chi connectivity index (χ1n) is 26.6. The van der Waals surface area contributed by atoms with Gasteiger partial charge >= 0.3 is 5.97 Å². The predicted molar refractivity (Wildman–Crippen MR) is 260 cm³/mol. The number of aliphatic hydroxyl groups is 2. The number of nitrogens with one attached hydrogen (secondary N) is 1. The molecule has 0 fully saturated rings. The number of unbranched alkanes of at least 4 members (excludes halogenated alkanes) is 36. The van der Waals surface area contributed by atoms with E-state index in [1.54, 1.807) is 6.08 Å². The Morgan fingerprint density at radius 2 is 0.783 bits per heavy atom. The van der Waals surface area contributed by atoms with Gasteiger partial charge in [-0.3, -0.25) is 9.59 Å². The van der Waals surface area contributed by atoms with E-state index in [0.29, 0.717) is 19.4 Å². The first-order valence-corrected chi connectivity index (χ1v) is 26.6. The topological polar surface area (TPSA) is 95.9 Å². The molecule has 2 atom stereocenters. The molecule has 0 aromatic heterocycles. The number of amides is 1.